The number of benzene rings is 1. The molecule has 2 aromatic rings. The topological polar surface area (TPSA) is 90.1 Å². The Morgan fingerprint density at radius 1 is 1.25 bits per heavy atom. The molecule has 0 radical (unpaired) electrons. The molecule has 0 aliphatic rings. The number of nitrogens with one attached hydrogen (secondary N) is 3. The number of allylic oxidation sites excluding steroid dienone is 1. The second-order valence-corrected chi connectivity index (χ2v) is 4.04. The van der Waals surface area contributed by atoms with Crippen LogP contribution in [0.3, 0.4) is 0 Å². The van der Waals surface area contributed by atoms with Crippen molar-refractivity contribution < 1.29 is 4.79 Å². The van der Waals surface area contributed by atoms with E-state index in [4.69, 9.17) is 0 Å². The van der Waals surface area contributed by atoms with Crippen molar-refractivity contribution in [3.63, 3.8) is 0 Å². The number of aromatic nitrogens is 2. The molecule has 1 aromatic carbocycles. The fraction of sp³-hybridized carbons (Fsp3) is 0.0714. The molecule has 0 saturated heterocycles. The molecule has 1 amide bonds. The molecule has 0 spiro atoms. The molecule has 3 N–H and O–H groups in total. The zero-order valence-corrected chi connectivity index (χ0v) is 10.7. The maximum atomic E-state index is 11.5. The summed E-state index contributed by atoms with van der Waals surface area (Å²) in [6, 6.07) is 11.1. The molecule has 2 rings (SSSR count). The standard InChI is InChI=1S/C14H14N4O2/c19-13(9-12-10-14(20)18-16-12)17-15-8-4-7-11-5-2-1-3-6-11/h1-8,10H,9H2,(H,17,19)(H2,16,18,20)/b7-4+,15-8?. The molecule has 0 fully saturated rings. The molecular formula is C14H14N4O2. The van der Waals surface area contributed by atoms with Crippen molar-refractivity contribution in [2.24, 2.45) is 5.10 Å². The Balaban J connectivity index is 1.77. The van der Waals surface area contributed by atoms with Crippen LogP contribution in [0.5, 0.6) is 0 Å². The molecule has 0 unspecified atom stereocenters. The van der Waals surface area contributed by atoms with Crippen LogP contribution < -0.4 is 11.0 Å². The highest BCUT2D eigenvalue weighted by Gasteiger charge is 2.03. The van der Waals surface area contributed by atoms with Crippen LogP contribution in [0.25, 0.3) is 6.08 Å². The van der Waals surface area contributed by atoms with Crippen molar-refractivity contribution in [3.8, 4) is 0 Å². The van der Waals surface area contributed by atoms with Crippen LogP contribution in [0.15, 0.2) is 52.4 Å². The van der Waals surface area contributed by atoms with E-state index in [9.17, 15) is 9.59 Å². The molecule has 20 heavy (non-hydrogen) atoms. The van der Waals surface area contributed by atoms with Crippen molar-refractivity contribution in [2.45, 2.75) is 6.42 Å². The first-order chi connectivity index (χ1) is 9.74. The Hall–Kier alpha value is -2.89. The van der Waals surface area contributed by atoms with E-state index in [0.29, 0.717) is 5.69 Å². The molecule has 0 saturated carbocycles. The number of aromatic amines is 2. The average Bonchev–Trinajstić information content (AvgIpc) is 2.85. The fourth-order valence-corrected chi connectivity index (χ4v) is 1.55. The summed E-state index contributed by atoms with van der Waals surface area (Å²) in [6.45, 7) is 0. The van der Waals surface area contributed by atoms with Crippen molar-refractivity contribution in [3.05, 3.63) is 64.1 Å². The first kappa shape index (κ1) is 13.5. The van der Waals surface area contributed by atoms with Gasteiger partial charge in [0.15, 0.2) is 0 Å². The summed E-state index contributed by atoms with van der Waals surface area (Å²) >= 11 is 0. The van der Waals surface area contributed by atoms with E-state index < -0.39 is 0 Å². The van der Waals surface area contributed by atoms with Gasteiger partial charge >= 0.3 is 0 Å². The predicted molar refractivity (Wildman–Crippen MR) is 77.2 cm³/mol. The quantitative estimate of drug-likeness (QED) is 0.560. The second-order valence-electron chi connectivity index (χ2n) is 4.04. The molecule has 0 bridgehead atoms. The third-order valence-electron chi connectivity index (χ3n) is 2.44. The number of hydrazone groups is 1. The Morgan fingerprint density at radius 2 is 2.05 bits per heavy atom. The number of nitrogens with zero attached hydrogens (tertiary/aromatic N) is 1. The van der Waals surface area contributed by atoms with Crippen molar-refractivity contribution >= 4 is 18.2 Å². The van der Waals surface area contributed by atoms with Crippen LogP contribution in [-0.4, -0.2) is 22.3 Å². The lowest BCUT2D eigenvalue weighted by molar-refractivity contribution is -0.120. The Kier molecular flexibility index (Phi) is 4.66. The van der Waals surface area contributed by atoms with Crippen molar-refractivity contribution in [1.82, 2.24) is 15.6 Å². The first-order valence-electron chi connectivity index (χ1n) is 6.04. The first-order valence-corrected chi connectivity index (χ1v) is 6.04. The second kappa shape index (κ2) is 6.89. The van der Waals surface area contributed by atoms with Crippen LogP contribution in [0.1, 0.15) is 11.3 Å². The Bertz CT molecular complexity index is 668. The zero-order valence-electron chi connectivity index (χ0n) is 10.7. The third kappa shape index (κ3) is 4.41. The maximum absolute atomic E-state index is 11.5. The van der Waals surface area contributed by atoms with Crippen LogP contribution >= 0.6 is 0 Å². The summed E-state index contributed by atoms with van der Waals surface area (Å²) in [6.07, 6.45) is 5.16. The fourth-order valence-electron chi connectivity index (χ4n) is 1.55. The lowest BCUT2D eigenvalue weighted by Gasteiger charge is -1.95. The summed E-state index contributed by atoms with van der Waals surface area (Å²) in [5, 5.41) is 8.73. The Labute approximate surface area is 115 Å². The largest absolute Gasteiger partial charge is 0.302 e. The van der Waals surface area contributed by atoms with Gasteiger partial charge in [-0.3, -0.25) is 14.7 Å². The van der Waals surface area contributed by atoms with Gasteiger partial charge in [-0.25, -0.2) is 5.43 Å². The number of hydrogen-bond acceptors (Lipinski definition) is 3. The van der Waals surface area contributed by atoms with E-state index in [0.717, 1.165) is 5.56 Å². The predicted octanol–water partition coefficient (Wildman–Crippen LogP) is 1.06. The number of hydrogen-bond donors (Lipinski definition) is 3. The smallest absolute Gasteiger partial charge is 0.264 e. The van der Waals surface area contributed by atoms with Gasteiger partial charge in [-0.2, -0.15) is 5.10 Å². The van der Waals surface area contributed by atoms with E-state index in [2.05, 4.69) is 20.7 Å². The summed E-state index contributed by atoms with van der Waals surface area (Å²) in [4.78, 5) is 22.3. The molecule has 0 atom stereocenters. The van der Waals surface area contributed by atoms with Crippen LogP contribution in [-0.2, 0) is 11.2 Å². The van der Waals surface area contributed by atoms with Crippen LogP contribution in [0, 0.1) is 0 Å². The van der Waals surface area contributed by atoms with E-state index >= 15 is 0 Å². The Morgan fingerprint density at radius 3 is 2.75 bits per heavy atom. The van der Waals surface area contributed by atoms with Gasteiger partial charge in [0.2, 0.25) is 5.91 Å². The minimum absolute atomic E-state index is 0.0679. The van der Waals surface area contributed by atoms with E-state index in [1.165, 1.54) is 12.3 Å². The number of carbonyl (C=O) groups excluding carboxylic acids is 1. The minimum Gasteiger partial charge on any atom is -0.302 e. The van der Waals surface area contributed by atoms with Gasteiger partial charge in [0.25, 0.3) is 5.56 Å². The number of amides is 1. The summed E-state index contributed by atoms with van der Waals surface area (Å²) in [5.74, 6) is -0.301. The zero-order chi connectivity index (χ0) is 14.2. The molecule has 0 aliphatic heterocycles. The van der Waals surface area contributed by atoms with Gasteiger partial charge in [0.1, 0.15) is 0 Å². The van der Waals surface area contributed by atoms with E-state index in [1.807, 2.05) is 36.4 Å². The highest BCUT2D eigenvalue weighted by molar-refractivity contribution is 5.82. The van der Waals surface area contributed by atoms with E-state index in [-0.39, 0.29) is 17.9 Å². The highest BCUT2D eigenvalue weighted by atomic mass is 16.2. The van der Waals surface area contributed by atoms with Gasteiger partial charge in [0, 0.05) is 18.0 Å². The number of rotatable bonds is 5. The van der Waals surface area contributed by atoms with Crippen molar-refractivity contribution in [1.29, 1.82) is 0 Å². The highest BCUT2D eigenvalue weighted by Crippen LogP contribution is 1.99. The summed E-state index contributed by atoms with van der Waals surface area (Å²) in [7, 11) is 0. The number of H-pyrrole nitrogens is 2. The monoisotopic (exact) mass is 270 g/mol. The van der Waals surface area contributed by atoms with Crippen LogP contribution in [0.4, 0.5) is 0 Å². The van der Waals surface area contributed by atoms with Gasteiger partial charge in [0.05, 0.1) is 6.42 Å². The molecule has 0 aliphatic carbocycles. The molecule has 102 valence electrons. The molecule has 6 nitrogen and oxygen atoms in total. The summed E-state index contributed by atoms with van der Waals surface area (Å²) < 4.78 is 0. The van der Waals surface area contributed by atoms with Crippen LogP contribution in [0.2, 0.25) is 0 Å². The lowest BCUT2D eigenvalue weighted by Crippen LogP contribution is -2.19. The summed E-state index contributed by atoms with van der Waals surface area (Å²) in [5.41, 5.74) is 3.68. The van der Waals surface area contributed by atoms with Gasteiger partial charge < -0.3 is 5.10 Å². The van der Waals surface area contributed by atoms with Crippen molar-refractivity contribution in [2.75, 3.05) is 0 Å². The molecular weight excluding hydrogens is 256 g/mol. The maximum Gasteiger partial charge on any atom is 0.264 e. The third-order valence-corrected chi connectivity index (χ3v) is 2.44. The van der Waals surface area contributed by atoms with Gasteiger partial charge in [-0.15, -0.1) is 0 Å². The molecule has 6 heteroatoms. The lowest BCUT2D eigenvalue weighted by atomic mass is 10.2. The SMILES string of the molecule is O=C(Cc1cc(=O)[nH][nH]1)NN=C/C=C/c1ccccc1. The molecule has 1 aromatic heterocycles. The van der Waals surface area contributed by atoms with Gasteiger partial charge in [-0.05, 0) is 11.6 Å². The molecule has 1 heterocycles. The normalized spacial score (nSPS) is 11.2. The minimum atomic E-state index is -0.301. The van der Waals surface area contributed by atoms with E-state index in [1.54, 1.807) is 6.08 Å². The van der Waals surface area contributed by atoms with Gasteiger partial charge in [-0.1, -0.05) is 36.4 Å². The average molecular weight is 270 g/mol. The number of carbonyl (C=O) groups is 1.